The van der Waals surface area contributed by atoms with Gasteiger partial charge in [0.15, 0.2) is 0 Å². The monoisotopic (exact) mass is 288 g/mol. The van der Waals surface area contributed by atoms with E-state index in [1.165, 1.54) is 11.8 Å². The van der Waals surface area contributed by atoms with Crippen LogP contribution in [0.3, 0.4) is 0 Å². The summed E-state index contributed by atoms with van der Waals surface area (Å²) in [5.74, 6) is -0.968. The van der Waals surface area contributed by atoms with Gasteiger partial charge in [0.2, 0.25) is 17.7 Å². The number of hydrogen-bond donors (Lipinski definition) is 1. The molecule has 7 heteroatoms. The van der Waals surface area contributed by atoms with Crippen molar-refractivity contribution in [3.8, 4) is 0 Å². The van der Waals surface area contributed by atoms with E-state index in [4.69, 9.17) is 4.74 Å². The van der Waals surface area contributed by atoms with Crippen LogP contribution in [0, 0.1) is 0 Å². The fourth-order valence-electron chi connectivity index (χ4n) is 1.94. The summed E-state index contributed by atoms with van der Waals surface area (Å²) in [7, 11) is 0. The molecule has 1 saturated heterocycles. The predicted molar refractivity (Wildman–Crippen MR) is 72.5 cm³/mol. The van der Waals surface area contributed by atoms with Crippen LogP contribution in [0.15, 0.2) is 0 Å². The van der Waals surface area contributed by atoms with E-state index in [1.54, 1.807) is 20.1 Å². The molecule has 108 valence electrons. The minimum absolute atomic E-state index is 0.165. The summed E-state index contributed by atoms with van der Waals surface area (Å²) in [4.78, 5) is 36.8. The molecule has 1 heterocycles. The highest BCUT2D eigenvalue weighted by Crippen LogP contribution is 2.24. The molecule has 1 rings (SSSR count). The van der Waals surface area contributed by atoms with Crippen molar-refractivity contribution < 1.29 is 19.1 Å². The number of nitrogens with zero attached hydrogens (tertiary/aromatic N) is 1. The average Bonchev–Trinajstić information content (AvgIpc) is 2.63. The van der Waals surface area contributed by atoms with E-state index in [9.17, 15) is 14.4 Å². The molecule has 0 aliphatic carbocycles. The summed E-state index contributed by atoms with van der Waals surface area (Å²) in [5, 5.41) is 2.25. The van der Waals surface area contributed by atoms with Crippen LogP contribution in [0.5, 0.6) is 0 Å². The van der Waals surface area contributed by atoms with Crippen molar-refractivity contribution in [3.05, 3.63) is 0 Å². The summed E-state index contributed by atoms with van der Waals surface area (Å²) < 4.78 is 5.20. The second-order valence-electron chi connectivity index (χ2n) is 4.31. The topological polar surface area (TPSA) is 75.7 Å². The molecule has 19 heavy (non-hydrogen) atoms. The Balaban J connectivity index is 2.66. The Bertz CT molecular complexity index is 375. The molecular formula is C12H20N2O4S. The van der Waals surface area contributed by atoms with Gasteiger partial charge in [-0.1, -0.05) is 0 Å². The predicted octanol–water partition coefficient (Wildman–Crippen LogP) is 0.364. The largest absolute Gasteiger partial charge is 0.359 e. The fraction of sp³-hybridized carbons (Fsp3) is 0.750. The van der Waals surface area contributed by atoms with Crippen LogP contribution in [-0.2, 0) is 19.1 Å². The number of amides is 3. The van der Waals surface area contributed by atoms with Crippen LogP contribution < -0.4 is 5.32 Å². The van der Waals surface area contributed by atoms with Crippen LogP contribution in [0.25, 0.3) is 0 Å². The minimum Gasteiger partial charge on any atom is -0.359 e. The van der Waals surface area contributed by atoms with E-state index in [2.05, 4.69) is 5.32 Å². The number of carbonyl (C=O) groups excluding carboxylic acids is 3. The molecule has 1 N–H and O–H groups in total. The van der Waals surface area contributed by atoms with Crippen molar-refractivity contribution in [1.82, 2.24) is 10.2 Å². The maximum absolute atomic E-state index is 12.0. The molecule has 1 aliphatic heterocycles. The Kier molecular flexibility index (Phi) is 5.81. The van der Waals surface area contributed by atoms with Gasteiger partial charge < -0.3 is 10.1 Å². The number of thioether (sulfide) groups is 1. The fourth-order valence-corrected chi connectivity index (χ4v) is 2.57. The van der Waals surface area contributed by atoms with Crippen LogP contribution >= 0.6 is 11.8 Å². The lowest BCUT2D eigenvalue weighted by Crippen LogP contribution is -2.50. The van der Waals surface area contributed by atoms with Gasteiger partial charge in [0.05, 0.1) is 5.25 Å². The average molecular weight is 288 g/mol. The van der Waals surface area contributed by atoms with Crippen LogP contribution in [0.1, 0.15) is 27.2 Å². The van der Waals surface area contributed by atoms with Crippen LogP contribution in [0.2, 0.25) is 0 Å². The molecule has 3 atom stereocenters. The van der Waals surface area contributed by atoms with Crippen molar-refractivity contribution in [2.75, 3.05) is 12.9 Å². The molecule has 3 amide bonds. The summed E-state index contributed by atoms with van der Waals surface area (Å²) >= 11 is 1.33. The second-order valence-corrected chi connectivity index (χ2v) is 5.35. The third kappa shape index (κ3) is 3.70. The molecule has 0 aromatic heterocycles. The number of ether oxygens (including phenoxy) is 1. The van der Waals surface area contributed by atoms with E-state index in [0.29, 0.717) is 6.61 Å². The van der Waals surface area contributed by atoms with Crippen molar-refractivity contribution >= 4 is 29.5 Å². The van der Waals surface area contributed by atoms with Gasteiger partial charge in [0.25, 0.3) is 0 Å². The molecular weight excluding hydrogens is 268 g/mol. The van der Waals surface area contributed by atoms with Gasteiger partial charge in [-0.25, -0.2) is 0 Å². The van der Waals surface area contributed by atoms with Crippen molar-refractivity contribution in [3.63, 3.8) is 0 Å². The Hall–Kier alpha value is -1.08. The molecule has 0 spiro atoms. The molecule has 1 fully saturated rings. The Morgan fingerprint density at radius 3 is 2.63 bits per heavy atom. The zero-order chi connectivity index (χ0) is 14.6. The van der Waals surface area contributed by atoms with Gasteiger partial charge in [-0.3, -0.25) is 19.3 Å². The third-order valence-corrected chi connectivity index (χ3v) is 3.89. The Labute approximate surface area is 117 Å². The van der Waals surface area contributed by atoms with E-state index < -0.39 is 12.3 Å². The SMILES string of the molecule is CCOC(C)NC(=O)C(C)N1C(=O)CC(SC)C1=O. The van der Waals surface area contributed by atoms with Gasteiger partial charge in [-0.2, -0.15) is 11.8 Å². The van der Waals surface area contributed by atoms with Gasteiger partial charge in [0, 0.05) is 13.0 Å². The molecule has 1 aliphatic rings. The van der Waals surface area contributed by atoms with E-state index in [-0.39, 0.29) is 29.4 Å². The number of likely N-dealkylation sites (tertiary alicyclic amines) is 1. The Morgan fingerprint density at radius 1 is 1.53 bits per heavy atom. The number of imide groups is 1. The zero-order valence-corrected chi connectivity index (χ0v) is 12.5. The first-order chi connectivity index (χ1) is 8.92. The molecule has 6 nitrogen and oxygen atoms in total. The summed E-state index contributed by atoms with van der Waals surface area (Å²) in [6.07, 6.45) is 1.50. The number of carbonyl (C=O) groups is 3. The first kappa shape index (κ1) is 16.0. The highest BCUT2D eigenvalue weighted by molar-refractivity contribution is 8.00. The van der Waals surface area contributed by atoms with Crippen LogP contribution in [0.4, 0.5) is 0 Å². The Morgan fingerprint density at radius 2 is 2.16 bits per heavy atom. The molecule has 0 radical (unpaired) electrons. The quantitative estimate of drug-likeness (QED) is 0.564. The van der Waals surface area contributed by atoms with Gasteiger partial charge in [-0.05, 0) is 27.0 Å². The smallest absolute Gasteiger partial charge is 0.244 e. The summed E-state index contributed by atoms with van der Waals surface area (Å²) in [6, 6.07) is -0.806. The van der Waals surface area contributed by atoms with Crippen molar-refractivity contribution in [2.24, 2.45) is 0 Å². The van der Waals surface area contributed by atoms with E-state index in [0.717, 1.165) is 4.90 Å². The summed E-state index contributed by atoms with van der Waals surface area (Å²) in [5.41, 5.74) is 0. The van der Waals surface area contributed by atoms with Gasteiger partial charge in [0.1, 0.15) is 12.3 Å². The number of hydrogen-bond acceptors (Lipinski definition) is 5. The van der Waals surface area contributed by atoms with E-state index in [1.807, 2.05) is 6.92 Å². The second kappa shape index (κ2) is 6.91. The normalized spacial score (nSPS) is 22.5. The summed E-state index contributed by atoms with van der Waals surface area (Å²) in [6.45, 7) is 5.55. The van der Waals surface area contributed by atoms with Gasteiger partial charge in [-0.15, -0.1) is 0 Å². The van der Waals surface area contributed by atoms with E-state index >= 15 is 0 Å². The first-order valence-electron chi connectivity index (χ1n) is 6.23. The number of rotatable bonds is 6. The standard InChI is InChI=1S/C12H20N2O4S/c1-5-18-8(3)13-11(16)7(2)14-10(15)6-9(19-4)12(14)17/h7-9H,5-6H2,1-4H3,(H,13,16). The lowest BCUT2D eigenvalue weighted by molar-refractivity contribution is -0.147. The molecule has 0 bridgehead atoms. The first-order valence-corrected chi connectivity index (χ1v) is 7.51. The molecule has 0 saturated carbocycles. The highest BCUT2D eigenvalue weighted by atomic mass is 32.2. The lowest BCUT2D eigenvalue weighted by atomic mass is 10.2. The molecule has 3 unspecified atom stereocenters. The zero-order valence-electron chi connectivity index (χ0n) is 11.6. The van der Waals surface area contributed by atoms with Crippen LogP contribution in [-0.4, -0.2) is 53.0 Å². The highest BCUT2D eigenvalue weighted by Gasteiger charge is 2.42. The molecule has 0 aromatic rings. The maximum Gasteiger partial charge on any atom is 0.244 e. The van der Waals surface area contributed by atoms with Gasteiger partial charge >= 0.3 is 0 Å². The third-order valence-electron chi connectivity index (χ3n) is 2.96. The maximum atomic E-state index is 12.0. The minimum atomic E-state index is -0.806. The van der Waals surface area contributed by atoms with Crippen molar-refractivity contribution in [1.29, 1.82) is 0 Å². The number of nitrogens with one attached hydrogen (secondary N) is 1. The lowest BCUT2D eigenvalue weighted by Gasteiger charge is -2.24. The molecule has 0 aromatic carbocycles. The van der Waals surface area contributed by atoms with Crippen molar-refractivity contribution in [2.45, 2.75) is 44.7 Å².